The van der Waals surface area contributed by atoms with Crippen LogP contribution < -0.4 is 4.74 Å². The molecule has 1 atom stereocenters. The van der Waals surface area contributed by atoms with Crippen molar-refractivity contribution < 1.29 is 19.4 Å². The van der Waals surface area contributed by atoms with Gasteiger partial charge in [-0.25, -0.2) is 4.68 Å². The molecule has 200 valence electrons. The first kappa shape index (κ1) is 25.1. The lowest BCUT2D eigenvalue weighted by Crippen LogP contribution is -2.36. The van der Waals surface area contributed by atoms with Gasteiger partial charge in [0.2, 0.25) is 0 Å². The van der Waals surface area contributed by atoms with Crippen molar-refractivity contribution in [2.45, 2.75) is 58.0 Å². The van der Waals surface area contributed by atoms with Crippen LogP contribution in [-0.4, -0.2) is 50.0 Å². The molecule has 7 rings (SSSR count). The molecule has 1 amide bonds. The number of carbonyl (C=O) groups excluding carboxylic acids is 1. The Bertz CT molecular complexity index is 1560. The topological polar surface area (TPSA) is 97.5 Å². The van der Waals surface area contributed by atoms with Crippen LogP contribution >= 0.6 is 0 Å². The number of aryl methyl sites for hydroxylation is 2. The second-order valence-corrected chi connectivity index (χ2v) is 10.6. The summed E-state index contributed by atoms with van der Waals surface area (Å²) >= 11 is 0. The zero-order valence-electron chi connectivity index (χ0n) is 22.1. The fourth-order valence-corrected chi connectivity index (χ4v) is 5.76. The molecule has 3 aliphatic rings. The van der Waals surface area contributed by atoms with Gasteiger partial charge in [0.25, 0.3) is 5.91 Å². The minimum absolute atomic E-state index is 0.00481. The van der Waals surface area contributed by atoms with Crippen LogP contribution in [0.4, 0.5) is 0 Å². The van der Waals surface area contributed by atoms with Gasteiger partial charge >= 0.3 is 5.97 Å². The van der Waals surface area contributed by atoms with Gasteiger partial charge < -0.3 is 14.7 Å². The first-order chi connectivity index (χ1) is 19.0. The van der Waals surface area contributed by atoms with Gasteiger partial charge in [-0.2, -0.15) is 0 Å². The highest BCUT2D eigenvalue weighted by atomic mass is 16.5. The van der Waals surface area contributed by atoms with Gasteiger partial charge in [0.1, 0.15) is 11.3 Å². The van der Waals surface area contributed by atoms with E-state index in [4.69, 9.17) is 4.74 Å². The van der Waals surface area contributed by atoms with E-state index in [-0.39, 0.29) is 18.2 Å². The number of aromatic nitrogens is 3. The minimum Gasteiger partial charge on any atom is -0.494 e. The van der Waals surface area contributed by atoms with Crippen molar-refractivity contribution in [1.29, 1.82) is 0 Å². The van der Waals surface area contributed by atoms with E-state index in [0.717, 1.165) is 65.5 Å². The molecule has 0 radical (unpaired) electrons. The number of carboxylic acids is 1. The van der Waals surface area contributed by atoms with Gasteiger partial charge in [-0.1, -0.05) is 35.5 Å². The molecule has 0 aliphatic carbocycles. The lowest BCUT2D eigenvalue weighted by molar-refractivity contribution is -0.137. The largest absolute Gasteiger partial charge is 0.494 e. The van der Waals surface area contributed by atoms with Gasteiger partial charge in [0.05, 0.1) is 18.5 Å². The Morgan fingerprint density at radius 2 is 1.85 bits per heavy atom. The van der Waals surface area contributed by atoms with Crippen molar-refractivity contribution in [3.05, 3.63) is 88.0 Å². The number of nitrogens with zero attached hydrogens (tertiary/aromatic N) is 4. The molecule has 3 aromatic carbocycles. The fraction of sp³-hybridized carbons (Fsp3) is 0.355. The number of aliphatic carboxylic acids is 1. The lowest BCUT2D eigenvalue weighted by Gasteiger charge is -2.30. The van der Waals surface area contributed by atoms with Crippen molar-refractivity contribution in [2.75, 3.05) is 13.2 Å². The number of carbonyl (C=O) groups is 2. The standard InChI is InChI=1S/C31H32N4O4/c1-20-5-9-25-17-26(20)31(38)34-13-11-21-6-7-22(15-24(21)19-34)27(18-30(36)37)23-8-10-29-28(16-23)32-33-35(29)12-3-2-4-14-39-25/h5-10,15-17,27H,2-4,11-14,18-19H2,1H3,(H,36,37). The summed E-state index contributed by atoms with van der Waals surface area (Å²) in [5, 5.41) is 18.5. The van der Waals surface area contributed by atoms with E-state index in [2.05, 4.69) is 22.4 Å². The predicted molar refractivity (Wildman–Crippen MR) is 147 cm³/mol. The average molecular weight is 525 g/mol. The van der Waals surface area contributed by atoms with Crippen LogP contribution in [0.1, 0.15) is 69.8 Å². The van der Waals surface area contributed by atoms with Gasteiger partial charge in [0.15, 0.2) is 0 Å². The lowest BCUT2D eigenvalue weighted by atomic mass is 9.85. The molecule has 0 saturated carbocycles. The molecule has 0 saturated heterocycles. The van der Waals surface area contributed by atoms with Gasteiger partial charge in [-0.05, 0) is 84.7 Å². The smallest absolute Gasteiger partial charge is 0.304 e. The first-order valence-corrected chi connectivity index (χ1v) is 13.7. The zero-order valence-corrected chi connectivity index (χ0v) is 22.1. The molecule has 4 aromatic rings. The Kier molecular flexibility index (Phi) is 6.77. The van der Waals surface area contributed by atoms with Crippen LogP contribution in [-0.2, 0) is 24.3 Å². The molecule has 1 aromatic heterocycles. The van der Waals surface area contributed by atoms with Crippen molar-refractivity contribution in [3.8, 4) is 5.75 Å². The van der Waals surface area contributed by atoms with Crippen LogP contribution in [0.15, 0.2) is 54.6 Å². The van der Waals surface area contributed by atoms with Crippen molar-refractivity contribution >= 4 is 22.9 Å². The number of hydrogen-bond acceptors (Lipinski definition) is 5. The fourth-order valence-electron chi connectivity index (χ4n) is 5.76. The van der Waals surface area contributed by atoms with Crippen LogP contribution in [0.2, 0.25) is 0 Å². The van der Waals surface area contributed by atoms with Gasteiger partial charge in [-0.3, -0.25) is 9.59 Å². The number of rotatable bonds is 2. The quantitative estimate of drug-likeness (QED) is 0.392. The summed E-state index contributed by atoms with van der Waals surface area (Å²) in [7, 11) is 0. The first-order valence-electron chi connectivity index (χ1n) is 13.7. The van der Waals surface area contributed by atoms with E-state index in [9.17, 15) is 14.7 Å². The SMILES string of the molecule is Cc1ccc2cc1C(=O)N1CCc3ccc(cc3C1)C(CC(=O)O)c1ccc3c(c1)nnn3CCCCCO2. The Hall–Kier alpha value is -4.20. The molecule has 3 aliphatic heterocycles. The van der Waals surface area contributed by atoms with Crippen molar-refractivity contribution in [2.24, 2.45) is 0 Å². The molecular weight excluding hydrogens is 492 g/mol. The summed E-state index contributed by atoms with van der Waals surface area (Å²) in [5.74, 6) is -0.487. The molecular formula is C31H32N4O4. The Morgan fingerprint density at radius 1 is 1.00 bits per heavy atom. The van der Waals surface area contributed by atoms with Gasteiger partial charge in [0, 0.05) is 31.1 Å². The Balaban J connectivity index is 1.41. The summed E-state index contributed by atoms with van der Waals surface area (Å²) in [6.07, 6.45) is 3.54. The number of fused-ring (bicyclic) bond motifs is 6. The highest BCUT2D eigenvalue weighted by molar-refractivity contribution is 5.96. The number of benzene rings is 3. The predicted octanol–water partition coefficient (Wildman–Crippen LogP) is 5.11. The van der Waals surface area contributed by atoms with Crippen molar-refractivity contribution in [1.82, 2.24) is 19.9 Å². The molecule has 8 heteroatoms. The number of amides is 1. The molecule has 4 heterocycles. The van der Waals surface area contributed by atoms with E-state index in [0.29, 0.717) is 31.0 Å². The Morgan fingerprint density at radius 3 is 2.72 bits per heavy atom. The van der Waals surface area contributed by atoms with Crippen LogP contribution in [0, 0.1) is 6.92 Å². The maximum Gasteiger partial charge on any atom is 0.304 e. The summed E-state index contributed by atoms with van der Waals surface area (Å²) in [4.78, 5) is 27.4. The van der Waals surface area contributed by atoms with E-state index in [1.807, 2.05) is 59.0 Å². The molecule has 9 bridgehead atoms. The van der Waals surface area contributed by atoms with E-state index < -0.39 is 5.97 Å². The highest BCUT2D eigenvalue weighted by Gasteiger charge is 2.26. The molecule has 39 heavy (non-hydrogen) atoms. The number of carboxylic acid groups (broad SMARTS) is 1. The summed E-state index contributed by atoms with van der Waals surface area (Å²) in [6, 6.07) is 17.9. The molecule has 0 fully saturated rings. The monoisotopic (exact) mass is 524 g/mol. The second kappa shape index (κ2) is 10.5. The molecule has 8 nitrogen and oxygen atoms in total. The second-order valence-electron chi connectivity index (χ2n) is 10.6. The maximum atomic E-state index is 13.6. The number of ether oxygens (including phenoxy) is 1. The zero-order chi connectivity index (χ0) is 26.9. The third kappa shape index (κ3) is 5.11. The summed E-state index contributed by atoms with van der Waals surface area (Å²) in [6.45, 7) is 4.42. The normalized spacial score (nSPS) is 17.8. The third-order valence-electron chi connectivity index (χ3n) is 7.97. The molecule has 0 spiro atoms. The van der Waals surface area contributed by atoms with E-state index >= 15 is 0 Å². The van der Waals surface area contributed by atoms with E-state index in [1.165, 1.54) is 5.56 Å². The van der Waals surface area contributed by atoms with Crippen molar-refractivity contribution in [3.63, 3.8) is 0 Å². The van der Waals surface area contributed by atoms with E-state index in [1.54, 1.807) is 0 Å². The Labute approximate surface area is 227 Å². The van der Waals surface area contributed by atoms with Gasteiger partial charge in [-0.15, -0.1) is 5.10 Å². The number of hydrogen-bond donors (Lipinski definition) is 1. The molecule has 1 unspecified atom stereocenters. The third-order valence-corrected chi connectivity index (χ3v) is 7.97. The summed E-state index contributed by atoms with van der Waals surface area (Å²) < 4.78 is 7.93. The summed E-state index contributed by atoms with van der Waals surface area (Å²) in [5.41, 5.74) is 7.38. The maximum absolute atomic E-state index is 13.6. The molecule has 1 N–H and O–H groups in total. The van der Waals surface area contributed by atoms with Crippen LogP contribution in [0.5, 0.6) is 5.75 Å². The van der Waals surface area contributed by atoms with Crippen LogP contribution in [0.25, 0.3) is 11.0 Å². The highest BCUT2D eigenvalue weighted by Crippen LogP contribution is 2.33. The van der Waals surface area contributed by atoms with Crippen LogP contribution in [0.3, 0.4) is 0 Å². The minimum atomic E-state index is -0.860. The average Bonchev–Trinajstić information content (AvgIpc) is 3.35.